The average molecular weight is 694 g/mol. The van der Waals surface area contributed by atoms with Crippen molar-refractivity contribution in [2.75, 3.05) is 12.9 Å². The zero-order valence-corrected chi connectivity index (χ0v) is 28.7. The number of hydrogen-bond donors (Lipinski definition) is 1. The van der Waals surface area contributed by atoms with Crippen LogP contribution in [0.15, 0.2) is 76.9 Å². The van der Waals surface area contributed by atoms with Crippen LogP contribution in [-0.4, -0.2) is 47.3 Å². The molecule has 0 radical (unpaired) electrons. The molecule has 0 saturated heterocycles. The number of sulfone groups is 1. The van der Waals surface area contributed by atoms with Crippen LogP contribution in [0.4, 0.5) is 4.39 Å². The Morgan fingerprint density at radius 3 is 2.33 bits per heavy atom. The summed E-state index contributed by atoms with van der Waals surface area (Å²) in [5, 5.41) is 11.2. The molecule has 0 saturated carbocycles. The second kappa shape index (κ2) is 13.8. The number of methoxy groups -OCH3 is 1. The van der Waals surface area contributed by atoms with Gasteiger partial charge in [-0.05, 0) is 79.9 Å². The van der Waals surface area contributed by atoms with Crippen LogP contribution in [0, 0.1) is 5.82 Å². The first kappa shape index (κ1) is 35.0. The highest BCUT2D eigenvalue weighted by Gasteiger charge is 2.30. The number of aliphatic hydroxyl groups is 1. The Labute approximate surface area is 277 Å². The smallest absolute Gasteiger partial charge is 0.185 e. The van der Waals surface area contributed by atoms with Gasteiger partial charge in [-0.2, -0.15) is 0 Å². The van der Waals surface area contributed by atoms with E-state index in [1.807, 2.05) is 30.5 Å². The largest absolute Gasteiger partial charge is 0.495 e. The molecule has 1 N–H and O–H groups in total. The van der Waals surface area contributed by atoms with Crippen LogP contribution < -0.4 is 4.74 Å². The number of carbonyl (C=O) groups excluding carboxylic acids is 1. The summed E-state index contributed by atoms with van der Waals surface area (Å²) >= 11 is 14.2. The fraction of sp³-hybridized carbons (Fsp3) is 0.333. The minimum absolute atomic E-state index is 0.0454. The van der Waals surface area contributed by atoms with Gasteiger partial charge < -0.3 is 9.84 Å². The van der Waals surface area contributed by atoms with E-state index in [-0.39, 0.29) is 28.6 Å². The number of thioether (sulfide) groups is 1. The molecule has 45 heavy (non-hydrogen) atoms. The molecule has 3 aromatic carbocycles. The molecule has 0 aliphatic heterocycles. The van der Waals surface area contributed by atoms with Gasteiger partial charge in [0.1, 0.15) is 23.1 Å². The highest BCUT2D eigenvalue weighted by molar-refractivity contribution is 7.98. The van der Waals surface area contributed by atoms with Gasteiger partial charge in [0.25, 0.3) is 0 Å². The van der Waals surface area contributed by atoms with Gasteiger partial charge in [-0.25, -0.2) is 17.8 Å². The van der Waals surface area contributed by atoms with Crippen LogP contribution in [0.1, 0.15) is 57.4 Å². The van der Waals surface area contributed by atoms with Gasteiger partial charge in [0.15, 0.2) is 15.0 Å². The lowest BCUT2D eigenvalue weighted by atomic mass is 9.81. The van der Waals surface area contributed by atoms with Gasteiger partial charge in [0.2, 0.25) is 0 Å². The first-order valence-corrected chi connectivity index (χ1v) is 17.5. The number of benzene rings is 3. The number of Topliss-reactive ketones (excluding diaryl/α,β-unsaturated/α-hetero) is 1. The second-order valence-electron chi connectivity index (χ2n) is 11.9. The van der Waals surface area contributed by atoms with Gasteiger partial charge in [0, 0.05) is 28.3 Å². The quantitative estimate of drug-likeness (QED) is 0.143. The minimum Gasteiger partial charge on any atom is -0.495 e. The summed E-state index contributed by atoms with van der Waals surface area (Å²) < 4.78 is 47.1. The molecule has 4 aromatic rings. The van der Waals surface area contributed by atoms with Gasteiger partial charge in [-0.1, -0.05) is 60.9 Å². The Balaban J connectivity index is 1.61. The molecule has 0 amide bonds. The lowest BCUT2D eigenvalue weighted by molar-refractivity contribution is -0.117. The van der Waals surface area contributed by atoms with Crippen molar-refractivity contribution in [1.29, 1.82) is 0 Å². The van der Waals surface area contributed by atoms with E-state index in [1.54, 1.807) is 51.4 Å². The molecule has 12 heteroatoms. The van der Waals surface area contributed by atoms with Gasteiger partial charge in [-0.15, -0.1) is 0 Å². The maximum atomic E-state index is 13.9. The number of rotatable bonds is 13. The van der Waals surface area contributed by atoms with Gasteiger partial charge >= 0.3 is 0 Å². The number of imidazole rings is 1. The SMILES string of the molecule is COc1cc(C(C)(C)c2cnc(SCc3ccc(S(=O)(=O)CC(=O)CCC(C)(C)O)cc3Cl)n2-c2ccc(F)cc2)ccc1Cl. The number of hydrogen-bond acceptors (Lipinski definition) is 7. The molecule has 0 aliphatic carbocycles. The zero-order valence-electron chi connectivity index (χ0n) is 25.6. The number of carbonyl (C=O) groups is 1. The molecule has 0 unspecified atom stereocenters. The highest BCUT2D eigenvalue weighted by atomic mass is 35.5. The summed E-state index contributed by atoms with van der Waals surface area (Å²) in [5.41, 5.74) is 1.52. The molecule has 240 valence electrons. The van der Waals surface area contributed by atoms with Crippen LogP contribution >= 0.6 is 35.0 Å². The zero-order chi connectivity index (χ0) is 33.2. The van der Waals surface area contributed by atoms with Gasteiger partial charge in [0.05, 0.1) is 34.5 Å². The number of aromatic nitrogens is 2. The maximum Gasteiger partial charge on any atom is 0.185 e. The van der Waals surface area contributed by atoms with E-state index in [0.29, 0.717) is 32.9 Å². The molecule has 1 aromatic heterocycles. The molecule has 0 atom stereocenters. The summed E-state index contributed by atoms with van der Waals surface area (Å²) in [7, 11) is -2.36. The number of ketones is 1. The van der Waals surface area contributed by atoms with Crippen molar-refractivity contribution in [3.8, 4) is 11.4 Å². The summed E-state index contributed by atoms with van der Waals surface area (Å²) in [5.74, 6) is -0.603. The molecule has 1 heterocycles. The van der Waals surface area contributed by atoms with E-state index in [4.69, 9.17) is 32.9 Å². The summed E-state index contributed by atoms with van der Waals surface area (Å²) in [6.07, 6.45) is 1.90. The second-order valence-corrected chi connectivity index (χ2v) is 15.6. The van der Waals surface area contributed by atoms with Crippen LogP contribution in [-0.2, 0) is 25.8 Å². The van der Waals surface area contributed by atoms with Crippen LogP contribution in [0.3, 0.4) is 0 Å². The monoisotopic (exact) mass is 692 g/mol. The third-order valence-corrected chi connectivity index (χ3v) is 10.8. The normalized spacial score (nSPS) is 12.4. The Hall–Kier alpha value is -2.89. The molecule has 7 nitrogen and oxygen atoms in total. The molecule has 0 bridgehead atoms. The third-order valence-electron chi connectivity index (χ3n) is 7.43. The molecular formula is C33H35Cl2FN2O5S2. The van der Waals surface area contributed by atoms with E-state index in [9.17, 15) is 22.7 Å². The Morgan fingerprint density at radius 2 is 1.71 bits per heavy atom. The first-order valence-electron chi connectivity index (χ1n) is 14.1. The van der Waals surface area contributed by atoms with Crippen molar-refractivity contribution in [1.82, 2.24) is 9.55 Å². The molecule has 0 aliphatic rings. The predicted molar refractivity (Wildman–Crippen MR) is 177 cm³/mol. The van der Waals surface area contributed by atoms with Crippen molar-refractivity contribution in [2.45, 2.75) is 67.4 Å². The highest BCUT2D eigenvalue weighted by Crippen LogP contribution is 2.39. The van der Waals surface area contributed by atoms with Crippen LogP contribution in [0.25, 0.3) is 5.69 Å². The summed E-state index contributed by atoms with van der Waals surface area (Å²) in [4.78, 5) is 17.0. The molecule has 0 fully saturated rings. The molecule has 4 rings (SSSR count). The Kier molecular flexibility index (Phi) is 10.8. The predicted octanol–water partition coefficient (Wildman–Crippen LogP) is 7.84. The standard InChI is InChI=1S/C33H35Cl2FN2O5S2/c1-32(2,40)15-14-25(39)20-45(41,42)26-12-6-21(28(35)17-26)19-44-31-37-18-30(38(31)24-10-8-23(36)9-11-24)33(3,4)22-7-13-27(34)29(16-22)43-5/h6-13,16-18,40H,14-15,19-20H2,1-5H3. The van der Waals surface area contributed by atoms with E-state index in [1.165, 1.54) is 36.0 Å². The number of halogens is 3. The molecule has 0 spiro atoms. The van der Waals surface area contributed by atoms with Crippen molar-refractivity contribution in [2.24, 2.45) is 0 Å². The van der Waals surface area contributed by atoms with Crippen molar-refractivity contribution < 1.29 is 27.4 Å². The summed E-state index contributed by atoms with van der Waals surface area (Å²) in [6, 6.07) is 16.1. The van der Waals surface area contributed by atoms with Crippen LogP contribution in [0.2, 0.25) is 10.0 Å². The fourth-order valence-corrected chi connectivity index (χ4v) is 7.60. The lowest BCUT2D eigenvalue weighted by Crippen LogP contribution is -2.23. The van der Waals surface area contributed by atoms with Crippen LogP contribution in [0.5, 0.6) is 5.75 Å². The minimum atomic E-state index is -3.91. The topological polar surface area (TPSA) is 98.5 Å². The van der Waals surface area contributed by atoms with Crippen molar-refractivity contribution in [3.63, 3.8) is 0 Å². The molecular weight excluding hydrogens is 658 g/mol. The fourth-order valence-electron chi connectivity index (χ4n) is 4.71. The first-order chi connectivity index (χ1) is 21.0. The third kappa shape index (κ3) is 8.48. The Morgan fingerprint density at radius 1 is 1.02 bits per heavy atom. The number of nitrogens with zero attached hydrogens (tertiary/aromatic N) is 2. The van der Waals surface area contributed by atoms with E-state index >= 15 is 0 Å². The van der Waals surface area contributed by atoms with E-state index < -0.39 is 32.4 Å². The lowest BCUT2D eigenvalue weighted by Gasteiger charge is -2.28. The number of ether oxygens (including phenoxy) is 1. The van der Waals surface area contributed by atoms with Crippen molar-refractivity contribution >= 4 is 50.6 Å². The average Bonchev–Trinajstić information content (AvgIpc) is 3.40. The van der Waals surface area contributed by atoms with E-state index in [0.717, 1.165) is 11.3 Å². The van der Waals surface area contributed by atoms with Crippen molar-refractivity contribution in [3.05, 3.63) is 99.5 Å². The van der Waals surface area contributed by atoms with Gasteiger partial charge in [-0.3, -0.25) is 9.36 Å². The van der Waals surface area contributed by atoms with E-state index in [2.05, 4.69) is 0 Å². The maximum absolute atomic E-state index is 13.9. The Bertz CT molecular complexity index is 1800. The summed E-state index contributed by atoms with van der Waals surface area (Å²) in [6.45, 7) is 7.23.